The van der Waals surface area contributed by atoms with Gasteiger partial charge in [0, 0.05) is 12.2 Å². The summed E-state index contributed by atoms with van der Waals surface area (Å²) in [6.45, 7) is 6.25. The molecule has 0 saturated heterocycles. The van der Waals surface area contributed by atoms with Crippen LogP contribution in [0.15, 0.2) is 28.8 Å². The van der Waals surface area contributed by atoms with Crippen LogP contribution in [0.2, 0.25) is 0 Å². The molecule has 1 heterocycles. The highest BCUT2D eigenvalue weighted by Crippen LogP contribution is 2.26. The molecule has 0 bridgehead atoms. The van der Waals surface area contributed by atoms with E-state index in [1.165, 1.54) is 0 Å². The summed E-state index contributed by atoms with van der Waals surface area (Å²) in [6.07, 6.45) is 0. The molecule has 2 rings (SSSR count). The predicted octanol–water partition coefficient (Wildman–Crippen LogP) is 2.71. The number of benzene rings is 1. The highest BCUT2D eigenvalue weighted by atomic mass is 16.5. The second-order valence-corrected chi connectivity index (χ2v) is 4.42. The predicted molar refractivity (Wildman–Crippen MR) is 66.1 cm³/mol. The summed E-state index contributed by atoms with van der Waals surface area (Å²) in [6, 6.07) is 6.68. The first-order chi connectivity index (χ1) is 8.53. The van der Waals surface area contributed by atoms with E-state index in [0.29, 0.717) is 23.9 Å². The Kier molecular flexibility index (Phi) is 3.34. The van der Waals surface area contributed by atoms with Crippen molar-refractivity contribution in [1.82, 2.24) is 10.1 Å². The minimum Gasteiger partial charge on any atom is -0.508 e. The third kappa shape index (κ3) is 2.51. The second-order valence-electron chi connectivity index (χ2n) is 4.42. The van der Waals surface area contributed by atoms with Crippen LogP contribution >= 0.6 is 0 Å². The molecule has 0 amide bonds. The Labute approximate surface area is 105 Å². The van der Waals surface area contributed by atoms with Crippen LogP contribution in [-0.4, -0.2) is 21.9 Å². The molecule has 1 aromatic heterocycles. The molecule has 5 nitrogen and oxygen atoms in total. The third-order valence-electron chi connectivity index (χ3n) is 2.56. The lowest BCUT2D eigenvalue weighted by Crippen LogP contribution is -2.23. The molecule has 0 radical (unpaired) electrons. The van der Waals surface area contributed by atoms with Crippen LogP contribution in [0.3, 0.4) is 0 Å². The zero-order valence-corrected chi connectivity index (χ0v) is 10.7. The summed E-state index contributed by atoms with van der Waals surface area (Å²) < 4.78 is 10.7. The molecule has 0 aliphatic heterocycles. The topological polar surface area (TPSA) is 68.4 Å². The fraction of sp³-hybridized carbons (Fsp3) is 0.385. The lowest BCUT2D eigenvalue weighted by molar-refractivity contribution is -0.0221. The molecule has 0 saturated carbocycles. The van der Waals surface area contributed by atoms with Crippen LogP contribution in [0.1, 0.15) is 26.6 Å². The van der Waals surface area contributed by atoms with Gasteiger partial charge >= 0.3 is 0 Å². The lowest BCUT2D eigenvalue weighted by Gasteiger charge is -2.19. The van der Waals surface area contributed by atoms with Gasteiger partial charge in [0.25, 0.3) is 5.89 Å². The van der Waals surface area contributed by atoms with Crippen LogP contribution in [0.25, 0.3) is 11.5 Å². The van der Waals surface area contributed by atoms with Crippen molar-refractivity contribution in [3.63, 3.8) is 0 Å². The number of phenols is 1. The first-order valence-electron chi connectivity index (χ1n) is 5.80. The average molecular weight is 248 g/mol. The van der Waals surface area contributed by atoms with Gasteiger partial charge in [-0.1, -0.05) is 11.2 Å². The summed E-state index contributed by atoms with van der Waals surface area (Å²) >= 11 is 0. The van der Waals surface area contributed by atoms with Gasteiger partial charge in [-0.25, -0.2) is 0 Å². The van der Waals surface area contributed by atoms with E-state index < -0.39 is 5.60 Å². The summed E-state index contributed by atoms with van der Waals surface area (Å²) in [7, 11) is 0. The fourth-order valence-electron chi connectivity index (χ4n) is 1.65. The molecular formula is C13H16N2O3. The highest BCUT2D eigenvalue weighted by molar-refractivity contribution is 5.55. The Morgan fingerprint density at radius 2 is 2.17 bits per heavy atom. The summed E-state index contributed by atoms with van der Waals surface area (Å²) in [5.74, 6) is 1.02. The Bertz CT molecular complexity index is 535. The molecule has 2 aromatic rings. The van der Waals surface area contributed by atoms with E-state index in [9.17, 15) is 5.11 Å². The molecule has 5 heteroatoms. The number of rotatable bonds is 4. The number of phenolic OH excluding ortho intramolecular Hbond substituents is 1. The zero-order chi connectivity index (χ0) is 13.2. The first kappa shape index (κ1) is 12.6. The maximum absolute atomic E-state index is 9.41. The van der Waals surface area contributed by atoms with Crippen LogP contribution in [0, 0.1) is 0 Å². The smallest absolute Gasteiger partial charge is 0.258 e. The highest BCUT2D eigenvalue weighted by Gasteiger charge is 2.27. The molecule has 0 aliphatic carbocycles. The van der Waals surface area contributed by atoms with E-state index in [0.717, 1.165) is 0 Å². The van der Waals surface area contributed by atoms with E-state index in [1.807, 2.05) is 20.8 Å². The van der Waals surface area contributed by atoms with Crippen molar-refractivity contribution < 1.29 is 14.4 Å². The van der Waals surface area contributed by atoms with Crippen molar-refractivity contribution in [1.29, 1.82) is 0 Å². The van der Waals surface area contributed by atoms with Crippen LogP contribution < -0.4 is 0 Å². The SMILES string of the molecule is CCOC(C)(C)c1noc(-c2cccc(O)c2)n1. The average Bonchev–Trinajstić information content (AvgIpc) is 2.78. The minimum atomic E-state index is -0.590. The molecule has 0 atom stereocenters. The van der Waals surface area contributed by atoms with E-state index in [-0.39, 0.29) is 5.75 Å². The van der Waals surface area contributed by atoms with E-state index in [4.69, 9.17) is 9.26 Å². The molecule has 0 fully saturated rings. The monoisotopic (exact) mass is 248 g/mol. The minimum absolute atomic E-state index is 0.163. The molecule has 0 aliphatic rings. The first-order valence-corrected chi connectivity index (χ1v) is 5.80. The number of hydrogen-bond acceptors (Lipinski definition) is 5. The summed E-state index contributed by atoms with van der Waals surface area (Å²) in [5, 5.41) is 13.3. The van der Waals surface area contributed by atoms with E-state index in [1.54, 1.807) is 24.3 Å². The van der Waals surface area contributed by atoms with E-state index in [2.05, 4.69) is 10.1 Å². The lowest BCUT2D eigenvalue weighted by atomic mass is 10.1. The van der Waals surface area contributed by atoms with Crippen molar-refractivity contribution in [2.24, 2.45) is 0 Å². The molecule has 0 unspecified atom stereocenters. The second kappa shape index (κ2) is 4.78. The quantitative estimate of drug-likeness (QED) is 0.900. The third-order valence-corrected chi connectivity index (χ3v) is 2.56. The Morgan fingerprint density at radius 3 is 2.83 bits per heavy atom. The van der Waals surface area contributed by atoms with Crippen molar-refractivity contribution in [3.8, 4) is 17.2 Å². The van der Waals surface area contributed by atoms with Gasteiger partial charge in [0.05, 0.1) is 0 Å². The number of nitrogens with zero attached hydrogens (tertiary/aromatic N) is 2. The largest absolute Gasteiger partial charge is 0.508 e. The molecular weight excluding hydrogens is 232 g/mol. The normalized spacial score (nSPS) is 11.7. The van der Waals surface area contributed by atoms with Crippen molar-refractivity contribution in [3.05, 3.63) is 30.1 Å². The van der Waals surface area contributed by atoms with Gasteiger partial charge < -0.3 is 14.4 Å². The van der Waals surface area contributed by atoms with Gasteiger partial charge in [-0.15, -0.1) is 0 Å². The zero-order valence-electron chi connectivity index (χ0n) is 10.7. The summed E-state index contributed by atoms with van der Waals surface area (Å²) in [5.41, 5.74) is 0.0916. The Hall–Kier alpha value is -1.88. The molecule has 1 N–H and O–H groups in total. The van der Waals surface area contributed by atoms with Crippen LogP contribution in [0.4, 0.5) is 0 Å². The molecule has 1 aromatic carbocycles. The maximum Gasteiger partial charge on any atom is 0.258 e. The van der Waals surface area contributed by atoms with Gasteiger partial charge in [-0.3, -0.25) is 0 Å². The van der Waals surface area contributed by atoms with Crippen molar-refractivity contribution in [2.45, 2.75) is 26.4 Å². The van der Waals surface area contributed by atoms with Gasteiger partial charge in [0.1, 0.15) is 11.4 Å². The number of aromatic hydroxyl groups is 1. The molecule has 18 heavy (non-hydrogen) atoms. The van der Waals surface area contributed by atoms with Crippen LogP contribution in [-0.2, 0) is 10.3 Å². The van der Waals surface area contributed by atoms with E-state index >= 15 is 0 Å². The van der Waals surface area contributed by atoms with Gasteiger partial charge in [0.2, 0.25) is 5.82 Å². The molecule has 0 spiro atoms. The number of hydrogen-bond donors (Lipinski definition) is 1. The van der Waals surface area contributed by atoms with Gasteiger partial charge in [-0.2, -0.15) is 4.98 Å². The maximum atomic E-state index is 9.41. The number of ether oxygens (including phenoxy) is 1. The standard InChI is InChI=1S/C13H16N2O3/c1-4-17-13(2,3)12-14-11(18-15-12)9-6-5-7-10(16)8-9/h5-8,16H,4H2,1-3H3. The number of aromatic nitrogens is 2. The molecule has 96 valence electrons. The summed E-state index contributed by atoms with van der Waals surface area (Å²) in [4.78, 5) is 4.30. The fourth-order valence-corrected chi connectivity index (χ4v) is 1.65. The van der Waals surface area contributed by atoms with Crippen molar-refractivity contribution >= 4 is 0 Å². The Balaban J connectivity index is 2.31. The van der Waals surface area contributed by atoms with Gasteiger partial charge in [-0.05, 0) is 39.0 Å². The van der Waals surface area contributed by atoms with Crippen LogP contribution in [0.5, 0.6) is 5.75 Å². The van der Waals surface area contributed by atoms with Gasteiger partial charge in [0.15, 0.2) is 0 Å². The Morgan fingerprint density at radius 1 is 1.39 bits per heavy atom. The van der Waals surface area contributed by atoms with Crippen molar-refractivity contribution in [2.75, 3.05) is 6.61 Å².